The molecular weight excluding hydrogens is 392 g/mol. The molecule has 31 heavy (non-hydrogen) atoms. The van der Waals surface area contributed by atoms with Gasteiger partial charge in [0, 0.05) is 29.7 Å². The Hall–Kier alpha value is -4.13. The van der Waals surface area contributed by atoms with Crippen molar-refractivity contribution in [2.45, 2.75) is 20.0 Å². The van der Waals surface area contributed by atoms with Crippen LogP contribution in [-0.4, -0.2) is 15.4 Å². The van der Waals surface area contributed by atoms with Crippen LogP contribution in [0.3, 0.4) is 0 Å². The predicted molar refractivity (Wildman–Crippen MR) is 121 cm³/mol. The second-order valence-corrected chi connectivity index (χ2v) is 6.96. The lowest BCUT2D eigenvalue weighted by Crippen LogP contribution is -2.19. The van der Waals surface area contributed by atoms with E-state index in [9.17, 15) is 9.59 Å². The molecule has 0 radical (unpaired) electrons. The second-order valence-electron chi connectivity index (χ2n) is 6.96. The van der Waals surface area contributed by atoms with Gasteiger partial charge in [-0.3, -0.25) is 9.20 Å². The number of amides is 2. The fourth-order valence-electron chi connectivity index (χ4n) is 3.12. The minimum atomic E-state index is -0.342. The lowest BCUT2D eigenvalue weighted by atomic mass is 10.1. The molecule has 0 spiro atoms. The van der Waals surface area contributed by atoms with Crippen molar-refractivity contribution in [3.63, 3.8) is 0 Å². The second kappa shape index (κ2) is 9.13. The molecule has 2 aromatic heterocycles. The number of ether oxygens (including phenoxy) is 1. The summed E-state index contributed by atoms with van der Waals surface area (Å²) in [6.45, 7) is 2.22. The molecule has 4 rings (SSSR count). The van der Waals surface area contributed by atoms with Crippen LogP contribution < -0.4 is 20.9 Å². The highest BCUT2D eigenvalue weighted by Gasteiger charge is 2.06. The van der Waals surface area contributed by atoms with Crippen LogP contribution in [0.4, 0.5) is 16.2 Å². The number of aromatic nitrogens is 2. The Morgan fingerprint density at radius 1 is 0.968 bits per heavy atom. The van der Waals surface area contributed by atoms with E-state index in [-0.39, 0.29) is 18.2 Å². The number of hydrogen-bond donors (Lipinski definition) is 2. The largest absolute Gasteiger partial charge is 0.487 e. The van der Waals surface area contributed by atoms with Crippen LogP contribution in [0, 0.1) is 0 Å². The summed E-state index contributed by atoms with van der Waals surface area (Å²) in [6, 6.07) is 21.2. The molecule has 7 heteroatoms. The van der Waals surface area contributed by atoms with Crippen molar-refractivity contribution in [2.24, 2.45) is 0 Å². The first kappa shape index (κ1) is 20.2. The highest BCUT2D eigenvalue weighted by Crippen LogP contribution is 2.19. The summed E-state index contributed by atoms with van der Waals surface area (Å²) in [6.07, 6.45) is 2.62. The molecule has 2 N–H and O–H groups in total. The number of aryl methyl sites for hydroxylation is 1. The molecular formula is C24H22N4O3. The van der Waals surface area contributed by atoms with Crippen LogP contribution in [-0.2, 0) is 13.0 Å². The van der Waals surface area contributed by atoms with Crippen molar-refractivity contribution >= 4 is 23.1 Å². The van der Waals surface area contributed by atoms with Gasteiger partial charge in [0.25, 0.3) is 5.56 Å². The summed E-state index contributed by atoms with van der Waals surface area (Å²) in [5, 5.41) is 5.60. The molecule has 0 aliphatic heterocycles. The zero-order valence-corrected chi connectivity index (χ0v) is 17.0. The SMILES string of the molecule is CCc1ccc(NC(=O)Nc2cccc(OCc3cc(=O)n4ccccc4n3)c2)cc1. The van der Waals surface area contributed by atoms with Crippen molar-refractivity contribution in [1.82, 2.24) is 9.38 Å². The number of urea groups is 1. The minimum Gasteiger partial charge on any atom is -0.487 e. The van der Waals surface area contributed by atoms with E-state index >= 15 is 0 Å². The average molecular weight is 414 g/mol. The van der Waals surface area contributed by atoms with Crippen LogP contribution >= 0.6 is 0 Å². The Kier molecular flexibility index (Phi) is 5.93. The molecule has 2 amide bonds. The van der Waals surface area contributed by atoms with Gasteiger partial charge < -0.3 is 15.4 Å². The van der Waals surface area contributed by atoms with Crippen molar-refractivity contribution < 1.29 is 9.53 Å². The van der Waals surface area contributed by atoms with Crippen molar-refractivity contribution in [3.8, 4) is 5.75 Å². The Morgan fingerprint density at radius 3 is 2.58 bits per heavy atom. The van der Waals surface area contributed by atoms with Crippen molar-refractivity contribution in [1.29, 1.82) is 0 Å². The third-order valence-electron chi connectivity index (χ3n) is 4.72. The van der Waals surface area contributed by atoms with Gasteiger partial charge in [-0.2, -0.15) is 0 Å². The van der Waals surface area contributed by atoms with Gasteiger partial charge in [0.15, 0.2) is 0 Å². The summed E-state index contributed by atoms with van der Waals surface area (Å²) in [4.78, 5) is 28.9. The molecule has 2 heterocycles. The number of carbonyl (C=O) groups excluding carboxylic acids is 1. The molecule has 0 fully saturated rings. The van der Waals surface area contributed by atoms with Gasteiger partial charge >= 0.3 is 6.03 Å². The smallest absolute Gasteiger partial charge is 0.323 e. The molecule has 0 saturated carbocycles. The third kappa shape index (κ3) is 5.08. The first-order valence-corrected chi connectivity index (χ1v) is 9.98. The van der Waals surface area contributed by atoms with Gasteiger partial charge in [-0.1, -0.05) is 31.2 Å². The monoisotopic (exact) mass is 414 g/mol. The lowest BCUT2D eigenvalue weighted by Gasteiger charge is -2.11. The van der Waals surface area contributed by atoms with E-state index in [2.05, 4.69) is 22.5 Å². The summed E-state index contributed by atoms with van der Waals surface area (Å²) in [5.41, 5.74) is 3.45. The van der Waals surface area contributed by atoms with Crippen LogP contribution in [0.1, 0.15) is 18.2 Å². The number of carbonyl (C=O) groups is 1. The molecule has 0 atom stereocenters. The van der Waals surface area contributed by atoms with Gasteiger partial charge in [-0.25, -0.2) is 9.78 Å². The van der Waals surface area contributed by atoms with Gasteiger partial charge in [-0.05, 0) is 48.4 Å². The molecule has 4 aromatic rings. The van der Waals surface area contributed by atoms with E-state index in [1.807, 2.05) is 30.3 Å². The summed E-state index contributed by atoms with van der Waals surface area (Å²) >= 11 is 0. The van der Waals surface area contributed by atoms with E-state index < -0.39 is 0 Å². The summed E-state index contributed by atoms with van der Waals surface area (Å²) in [5.74, 6) is 0.556. The number of anilines is 2. The zero-order valence-electron chi connectivity index (χ0n) is 17.0. The van der Waals surface area contributed by atoms with Gasteiger partial charge in [-0.15, -0.1) is 0 Å². The number of pyridine rings is 1. The van der Waals surface area contributed by atoms with E-state index in [0.717, 1.165) is 12.1 Å². The Labute approximate surface area is 179 Å². The number of fused-ring (bicyclic) bond motifs is 1. The molecule has 0 saturated heterocycles. The highest BCUT2D eigenvalue weighted by molar-refractivity contribution is 5.99. The quantitative estimate of drug-likeness (QED) is 0.487. The highest BCUT2D eigenvalue weighted by atomic mass is 16.5. The van der Waals surface area contributed by atoms with Crippen LogP contribution in [0.2, 0.25) is 0 Å². The van der Waals surface area contributed by atoms with E-state index in [4.69, 9.17) is 4.74 Å². The molecule has 0 aliphatic carbocycles. The third-order valence-corrected chi connectivity index (χ3v) is 4.72. The van der Waals surface area contributed by atoms with E-state index in [0.29, 0.717) is 22.8 Å². The Morgan fingerprint density at radius 2 is 1.77 bits per heavy atom. The lowest BCUT2D eigenvalue weighted by molar-refractivity contribution is 0.262. The number of rotatable bonds is 6. The summed E-state index contributed by atoms with van der Waals surface area (Å²) < 4.78 is 7.25. The van der Waals surface area contributed by atoms with Gasteiger partial charge in [0.05, 0.1) is 5.69 Å². The number of benzene rings is 2. The minimum absolute atomic E-state index is 0.139. The van der Waals surface area contributed by atoms with Crippen LogP contribution in [0.5, 0.6) is 5.75 Å². The van der Waals surface area contributed by atoms with E-state index in [1.165, 1.54) is 16.0 Å². The normalized spacial score (nSPS) is 10.6. The maximum Gasteiger partial charge on any atom is 0.323 e. The van der Waals surface area contributed by atoms with Crippen LogP contribution in [0.25, 0.3) is 5.65 Å². The number of nitrogens with zero attached hydrogens (tertiary/aromatic N) is 2. The van der Waals surface area contributed by atoms with Crippen LogP contribution in [0.15, 0.2) is 83.8 Å². The fraction of sp³-hybridized carbons (Fsp3) is 0.125. The molecule has 0 unspecified atom stereocenters. The predicted octanol–water partition coefficient (Wildman–Crippen LogP) is 4.48. The zero-order chi connectivity index (χ0) is 21.6. The fourth-order valence-corrected chi connectivity index (χ4v) is 3.12. The first-order valence-electron chi connectivity index (χ1n) is 9.98. The standard InChI is InChI=1S/C24H22N4O3/c1-2-17-9-11-18(12-10-17)26-24(30)27-19-6-5-7-21(14-19)31-16-20-15-23(29)28-13-4-3-8-22(28)25-20/h3-15H,2,16H2,1H3,(H2,26,27,30). The molecule has 0 aliphatic rings. The van der Waals surface area contributed by atoms with Gasteiger partial charge in [0.2, 0.25) is 0 Å². The molecule has 156 valence electrons. The van der Waals surface area contributed by atoms with Gasteiger partial charge in [0.1, 0.15) is 18.0 Å². The van der Waals surface area contributed by atoms with E-state index in [1.54, 1.807) is 42.6 Å². The molecule has 7 nitrogen and oxygen atoms in total. The Bertz CT molecular complexity index is 1270. The maximum atomic E-state index is 12.3. The summed E-state index contributed by atoms with van der Waals surface area (Å²) in [7, 11) is 0. The van der Waals surface area contributed by atoms with Crippen molar-refractivity contribution in [2.75, 3.05) is 10.6 Å². The van der Waals surface area contributed by atoms with Crippen molar-refractivity contribution in [3.05, 3.63) is 101 Å². The topological polar surface area (TPSA) is 84.7 Å². The molecule has 2 aromatic carbocycles. The maximum absolute atomic E-state index is 12.3. The number of hydrogen-bond acceptors (Lipinski definition) is 4. The molecule has 0 bridgehead atoms. The first-order chi connectivity index (χ1) is 15.1. The average Bonchev–Trinajstić information content (AvgIpc) is 2.78. The number of nitrogens with one attached hydrogen (secondary N) is 2. The Balaban J connectivity index is 1.39.